The van der Waals surface area contributed by atoms with Gasteiger partial charge in [-0.05, 0) is 6.92 Å². The van der Waals surface area contributed by atoms with Crippen LogP contribution in [0.2, 0.25) is 0 Å². The Labute approximate surface area is 66.7 Å². The van der Waals surface area contributed by atoms with Crippen molar-refractivity contribution in [3.63, 3.8) is 0 Å². The highest BCUT2D eigenvalue weighted by Gasteiger charge is 2.27. The van der Waals surface area contributed by atoms with Gasteiger partial charge in [0.05, 0.1) is 12.6 Å². The van der Waals surface area contributed by atoms with Gasteiger partial charge in [-0.2, -0.15) is 0 Å². The van der Waals surface area contributed by atoms with Crippen LogP contribution >= 0.6 is 0 Å². The smallest absolute Gasteiger partial charge is 0.424 e. The van der Waals surface area contributed by atoms with Crippen LogP contribution in [0.1, 0.15) is 13.3 Å². The van der Waals surface area contributed by atoms with Crippen LogP contribution in [0.15, 0.2) is 0 Å². The standard InChI is InChI=1S/C7H14N2O2/c1-6-4-5-11-7(10)9(6)8(2)3/h6H,4-5H2,1-3H3. The minimum absolute atomic E-state index is 0.242. The lowest BCUT2D eigenvalue weighted by atomic mass is 10.2. The fourth-order valence-electron chi connectivity index (χ4n) is 1.24. The van der Waals surface area contributed by atoms with Crippen LogP contribution in [-0.4, -0.2) is 42.9 Å². The third-order valence-electron chi connectivity index (χ3n) is 1.80. The van der Waals surface area contributed by atoms with Gasteiger partial charge in [0.15, 0.2) is 0 Å². The van der Waals surface area contributed by atoms with E-state index in [-0.39, 0.29) is 12.1 Å². The first kappa shape index (κ1) is 8.33. The topological polar surface area (TPSA) is 32.8 Å². The molecule has 1 aliphatic rings. The molecule has 11 heavy (non-hydrogen) atoms. The van der Waals surface area contributed by atoms with Crippen LogP contribution in [0.4, 0.5) is 4.79 Å². The van der Waals surface area contributed by atoms with Gasteiger partial charge in [-0.3, -0.25) is 0 Å². The van der Waals surface area contributed by atoms with E-state index in [0.29, 0.717) is 6.61 Å². The average molecular weight is 158 g/mol. The molecule has 1 amide bonds. The summed E-state index contributed by atoms with van der Waals surface area (Å²) in [5.74, 6) is 0. The van der Waals surface area contributed by atoms with E-state index in [9.17, 15) is 4.79 Å². The number of cyclic esters (lactones) is 1. The Morgan fingerprint density at radius 3 is 2.64 bits per heavy atom. The monoisotopic (exact) mass is 158 g/mol. The number of hydrogen-bond acceptors (Lipinski definition) is 3. The molecule has 0 aromatic heterocycles. The molecule has 1 fully saturated rings. The zero-order valence-electron chi connectivity index (χ0n) is 7.20. The summed E-state index contributed by atoms with van der Waals surface area (Å²) in [4.78, 5) is 11.1. The van der Waals surface area contributed by atoms with E-state index in [1.165, 1.54) is 0 Å². The van der Waals surface area contributed by atoms with Gasteiger partial charge in [-0.1, -0.05) is 0 Å². The number of hydrogen-bond donors (Lipinski definition) is 0. The summed E-state index contributed by atoms with van der Waals surface area (Å²) >= 11 is 0. The normalized spacial score (nSPS) is 25.6. The van der Waals surface area contributed by atoms with Crippen molar-refractivity contribution in [1.82, 2.24) is 10.0 Å². The first-order chi connectivity index (χ1) is 5.13. The van der Waals surface area contributed by atoms with Gasteiger partial charge in [-0.25, -0.2) is 14.8 Å². The molecule has 0 spiro atoms. The summed E-state index contributed by atoms with van der Waals surface area (Å²) in [7, 11) is 3.67. The molecule has 4 heteroatoms. The Balaban J connectivity index is 2.63. The van der Waals surface area contributed by atoms with Crippen molar-refractivity contribution in [1.29, 1.82) is 0 Å². The predicted molar refractivity (Wildman–Crippen MR) is 41.0 cm³/mol. The van der Waals surface area contributed by atoms with Gasteiger partial charge in [0.1, 0.15) is 0 Å². The van der Waals surface area contributed by atoms with Crippen molar-refractivity contribution in [2.75, 3.05) is 20.7 Å². The number of hydrazine groups is 1. The van der Waals surface area contributed by atoms with Gasteiger partial charge in [-0.15, -0.1) is 0 Å². The van der Waals surface area contributed by atoms with E-state index in [4.69, 9.17) is 4.74 Å². The maximum absolute atomic E-state index is 11.1. The maximum atomic E-state index is 11.1. The van der Waals surface area contributed by atoms with Gasteiger partial charge in [0.2, 0.25) is 0 Å². The van der Waals surface area contributed by atoms with Gasteiger partial charge in [0.25, 0.3) is 0 Å². The van der Waals surface area contributed by atoms with Crippen LogP contribution in [0.5, 0.6) is 0 Å². The molecular formula is C7H14N2O2. The fraction of sp³-hybridized carbons (Fsp3) is 0.857. The van der Waals surface area contributed by atoms with E-state index in [0.717, 1.165) is 6.42 Å². The molecule has 0 N–H and O–H groups in total. The number of carbonyl (C=O) groups is 1. The van der Waals surface area contributed by atoms with E-state index < -0.39 is 0 Å². The van der Waals surface area contributed by atoms with E-state index in [2.05, 4.69) is 0 Å². The van der Waals surface area contributed by atoms with Crippen LogP contribution < -0.4 is 0 Å². The van der Waals surface area contributed by atoms with E-state index >= 15 is 0 Å². The predicted octanol–water partition coefficient (Wildman–Crippen LogP) is 0.694. The third kappa shape index (κ3) is 1.63. The second-order valence-corrected chi connectivity index (χ2v) is 2.94. The third-order valence-corrected chi connectivity index (χ3v) is 1.80. The summed E-state index contributed by atoms with van der Waals surface area (Å²) in [5.41, 5.74) is 0. The van der Waals surface area contributed by atoms with Gasteiger partial charge in [0, 0.05) is 20.5 Å². The molecular weight excluding hydrogens is 144 g/mol. The number of nitrogens with zero attached hydrogens (tertiary/aromatic N) is 2. The molecule has 1 unspecified atom stereocenters. The second-order valence-electron chi connectivity index (χ2n) is 2.94. The Hall–Kier alpha value is -0.770. The Morgan fingerprint density at radius 2 is 2.27 bits per heavy atom. The zero-order chi connectivity index (χ0) is 8.43. The largest absolute Gasteiger partial charge is 0.448 e. The first-order valence-electron chi connectivity index (χ1n) is 3.76. The van der Waals surface area contributed by atoms with Crippen molar-refractivity contribution in [3.05, 3.63) is 0 Å². The van der Waals surface area contributed by atoms with Crippen molar-refractivity contribution in [3.8, 4) is 0 Å². The molecule has 0 aromatic rings. The summed E-state index contributed by atoms with van der Waals surface area (Å²) < 4.78 is 4.87. The maximum Gasteiger partial charge on any atom is 0.424 e. The lowest BCUT2D eigenvalue weighted by molar-refractivity contribution is -0.0457. The molecule has 0 bridgehead atoms. The highest BCUT2D eigenvalue weighted by atomic mass is 16.6. The van der Waals surface area contributed by atoms with Crippen molar-refractivity contribution >= 4 is 6.09 Å². The van der Waals surface area contributed by atoms with E-state index in [1.54, 1.807) is 10.0 Å². The number of amides is 1. The van der Waals surface area contributed by atoms with Gasteiger partial charge >= 0.3 is 6.09 Å². The number of ether oxygens (including phenoxy) is 1. The Bertz CT molecular complexity index is 159. The minimum atomic E-state index is -0.242. The summed E-state index contributed by atoms with van der Waals surface area (Å²) in [6.45, 7) is 2.56. The van der Waals surface area contributed by atoms with Gasteiger partial charge < -0.3 is 4.74 Å². The molecule has 0 saturated carbocycles. The highest BCUT2D eigenvalue weighted by molar-refractivity contribution is 5.68. The second kappa shape index (κ2) is 3.09. The summed E-state index contributed by atoms with van der Waals surface area (Å²) in [6, 6.07) is 0.256. The lowest BCUT2D eigenvalue weighted by Crippen LogP contribution is -2.51. The quantitative estimate of drug-likeness (QED) is 0.563. The Morgan fingerprint density at radius 1 is 1.64 bits per heavy atom. The molecule has 1 atom stereocenters. The van der Waals surface area contributed by atoms with Crippen LogP contribution in [0.25, 0.3) is 0 Å². The van der Waals surface area contributed by atoms with Crippen LogP contribution in [0.3, 0.4) is 0 Å². The van der Waals surface area contributed by atoms with Crippen molar-refractivity contribution in [2.45, 2.75) is 19.4 Å². The Kier molecular flexibility index (Phi) is 2.34. The average Bonchev–Trinajstić information content (AvgIpc) is 1.85. The molecule has 1 saturated heterocycles. The highest BCUT2D eigenvalue weighted by Crippen LogP contribution is 2.13. The van der Waals surface area contributed by atoms with Crippen LogP contribution in [0, 0.1) is 0 Å². The van der Waals surface area contributed by atoms with E-state index in [1.807, 2.05) is 21.0 Å². The molecule has 64 valence electrons. The number of rotatable bonds is 1. The SMILES string of the molecule is CC1CCOC(=O)N1N(C)C. The summed E-state index contributed by atoms with van der Waals surface area (Å²) in [6.07, 6.45) is 0.665. The summed E-state index contributed by atoms with van der Waals surface area (Å²) in [5, 5.41) is 3.37. The van der Waals surface area contributed by atoms with Crippen LogP contribution in [-0.2, 0) is 4.74 Å². The molecule has 1 aliphatic heterocycles. The molecule has 0 aliphatic carbocycles. The fourth-order valence-corrected chi connectivity index (χ4v) is 1.24. The first-order valence-corrected chi connectivity index (χ1v) is 3.76. The zero-order valence-corrected chi connectivity index (χ0v) is 7.20. The van der Waals surface area contributed by atoms with Crippen molar-refractivity contribution < 1.29 is 9.53 Å². The number of carbonyl (C=O) groups excluding carboxylic acids is 1. The van der Waals surface area contributed by atoms with Crippen molar-refractivity contribution in [2.24, 2.45) is 0 Å². The lowest BCUT2D eigenvalue weighted by Gasteiger charge is -2.36. The molecule has 4 nitrogen and oxygen atoms in total. The molecule has 1 rings (SSSR count). The molecule has 0 aromatic carbocycles. The minimum Gasteiger partial charge on any atom is -0.448 e. The molecule has 0 radical (unpaired) electrons. The molecule has 1 heterocycles.